The zero-order valence-electron chi connectivity index (χ0n) is 7.30. The molecule has 0 unspecified atom stereocenters. The fourth-order valence-electron chi connectivity index (χ4n) is 0.816. The third kappa shape index (κ3) is 2.98. The van der Waals surface area contributed by atoms with Crippen LogP contribution in [0.3, 0.4) is 0 Å². The van der Waals surface area contributed by atoms with Crippen molar-refractivity contribution >= 4 is 5.69 Å². The molecule has 0 aliphatic rings. The highest BCUT2D eigenvalue weighted by atomic mass is 19.3. The van der Waals surface area contributed by atoms with E-state index in [9.17, 15) is 8.78 Å². The monoisotopic (exact) mass is 190 g/mol. The normalized spacial score (nSPS) is 11.7. The van der Waals surface area contributed by atoms with Crippen molar-refractivity contribution in [3.63, 3.8) is 0 Å². The summed E-state index contributed by atoms with van der Waals surface area (Å²) < 4.78 is 26.8. The van der Waals surface area contributed by atoms with Crippen LogP contribution in [0.2, 0.25) is 0 Å². The smallest absolute Gasteiger partial charge is 0.276 e. The molecule has 0 radical (unpaired) electrons. The van der Waals surface area contributed by atoms with Crippen LogP contribution < -0.4 is 11.1 Å². The average molecular weight is 190 g/mol. The molecule has 1 aromatic rings. The van der Waals surface area contributed by atoms with Crippen molar-refractivity contribution in [2.75, 3.05) is 18.4 Å². The molecule has 13 heavy (non-hydrogen) atoms. The summed E-state index contributed by atoms with van der Waals surface area (Å²) in [6, 6.07) is 0. The molecule has 0 aromatic carbocycles. The van der Waals surface area contributed by atoms with E-state index in [2.05, 4.69) is 10.4 Å². The topological polar surface area (TPSA) is 55.9 Å². The number of rotatable bonds is 4. The zero-order chi connectivity index (χ0) is 9.90. The van der Waals surface area contributed by atoms with Crippen molar-refractivity contribution in [2.24, 2.45) is 12.8 Å². The van der Waals surface area contributed by atoms with E-state index in [0.717, 1.165) is 0 Å². The lowest BCUT2D eigenvalue weighted by Crippen LogP contribution is -2.35. The Balaban J connectivity index is 2.43. The number of nitrogens with one attached hydrogen (secondary N) is 1. The van der Waals surface area contributed by atoms with E-state index in [-0.39, 0.29) is 0 Å². The molecule has 74 valence electrons. The number of hydrogen-bond donors (Lipinski definition) is 2. The summed E-state index contributed by atoms with van der Waals surface area (Å²) in [5.41, 5.74) is 5.43. The molecule has 3 N–H and O–H groups in total. The van der Waals surface area contributed by atoms with E-state index in [1.54, 1.807) is 13.2 Å². The van der Waals surface area contributed by atoms with Crippen LogP contribution in [0.4, 0.5) is 14.5 Å². The van der Waals surface area contributed by atoms with Gasteiger partial charge in [-0.05, 0) is 0 Å². The van der Waals surface area contributed by atoms with E-state index in [1.165, 1.54) is 10.9 Å². The molecule has 6 heteroatoms. The molecule has 0 aliphatic carbocycles. The predicted molar refractivity (Wildman–Crippen MR) is 45.7 cm³/mol. The average Bonchev–Trinajstić information content (AvgIpc) is 2.48. The summed E-state index contributed by atoms with van der Waals surface area (Å²) in [6.45, 7) is -1.12. The zero-order valence-corrected chi connectivity index (χ0v) is 7.30. The van der Waals surface area contributed by atoms with Crippen LogP contribution in [0.1, 0.15) is 0 Å². The lowest BCUT2D eigenvalue weighted by atomic mass is 10.3. The van der Waals surface area contributed by atoms with E-state index >= 15 is 0 Å². The van der Waals surface area contributed by atoms with Crippen LogP contribution in [0, 0.1) is 0 Å². The first kappa shape index (κ1) is 9.91. The van der Waals surface area contributed by atoms with Gasteiger partial charge in [-0.3, -0.25) is 4.68 Å². The summed E-state index contributed by atoms with van der Waals surface area (Å²) in [5.74, 6) is -2.87. The highest BCUT2D eigenvalue weighted by Crippen LogP contribution is 2.12. The Kier molecular flexibility index (Phi) is 2.82. The highest BCUT2D eigenvalue weighted by Gasteiger charge is 2.26. The van der Waals surface area contributed by atoms with Crippen LogP contribution in [-0.2, 0) is 7.05 Å². The standard InChI is InChI=1S/C7H12F2N4/c1-13-3-6(2-12-13)11-5-7(8,9)4-10/h2-3,11H,4-5,10H2,1H3. The maximum absolute atomic E-state index is 12.6. The molecule has 0 spiro atoms. The molecule has 1 heterocycles. The first-order valence-corrected chi connectivity index (χ1v) is 3.84. The van der Waals surface area contributed by atoms with E-state index < -0.39 is 19.0 Å². The third-order valence-corrected chi connectivity index (χ3v) is 1.55. The van der Waals surface area contributed by atoms with Crippen LogP contribution in [0.5, 0.6) is 0 Å². The quantitative estimate of drug-likeness (QED) is 0.723. The second kappa shape index (κ2) is 3.69. The molecular weight excluding hydrogens is 178 g/mol. The molecule has 0 amide bonds. The molecule has 0 saturated carbocycles. The summed E-state index contributed by atoms with van der Waals surface area (Å²) in [5, 5.41) is 6.36. The van der Waals surface area contributed by atoms with Crippen molar-refractivity contribution in [1.29, 1.82) is 0 Å². The van der Waals surface area contributed by atoms with Gasteiger partial charge in [0.2, 0.25) is 0 Å². The second-order valence-electron chi connectivity index (χ2n) is 2.82. The molecule has 0 fully saturated rings. The number of alkyl halides is 2. The van der Waals surface area contributed by atoms with E-state index in [4.69, 9.17) is 5.73 Å². The van der Waals surface area contributed by atoms with Gasteiger partial charge in [0.15, 0.2) is 0 Å². The van der Waals surface area contributed by atoms with Gasteiger partial charge in [-0.15, -0.1) is 0 Å². The number of nitrogens with two attached hydrogens (primary N) is 1. The highest BCUT2D eigenvalue weighted by molar-refractivity contribution is 5.38. The van der Waals surface area contributed by atoms with Crippen molar-refractivity contribution in [3.05, 3.63) is 12.4 Å². The van der Waals surface area contributed by atoms with Gasteiger partial charge in [-0.1, -0.05) is 0 Å². The molecule has 0 saturated heterocycles. The minimum atomic E-state index is -2.87. The first-order valence-electron chi connectivity index (χ1n) is 3.84. The maximum atomic E-state index is 12.6. The molecule has 1 rings (SSSR count). The van der Waals surface area contributed by atoms with Gasteiger partial charge in [-0.2, -0.15) is 5.10 Å². The minimum absolute atomic E-state index is 0.463. The largest absolute Gasteiger partial charge is 0.376 e. The lowest BCUT2D eigenvalue weighted by Gasteiger charge is -2.13. The summed E-state index contributed by atoms with van der Waals surface area (Å²) >= 11 is 0. The molecule has 0 atom stereocenters. The van der Waals surface area contributed by atoms with Gasteiger partial charge in [0.25, 0.3) is 5.92 Å². The maximum Gasteiger partial charge on any atom is 0.276 e. The molecule has 0 aliphatic heterocycles. The van der Waals surface area contributed by atoms with Crippen molar-refractivity contribution < 1.29 is 8.78 Å². The SMILES string of the molecule is Cn1cc(NCC(F)(F)CN)cn1. The Bertz CT molecular complexity index is 271. The van der Waals surface area contributed by atoms with Gasteiger partial charge in [0.1, 0.15) is 0 Å². The Morgan fingerprint density at radius 1 is 1.69 bits per heavy atom. The van der Waals surface area contributed by atoms with Gasteiger partial charge in [0, 0.05) is 13.2 Å². The number of aryl methyl sites for hydroxylation is 1. The molecule has 4 nitrogen and oxygen atoms in total. The summed E-state index contributed by atoms with van der Waals surface area (Å²) in [4.78, 5) is 0. The molecule has 0 bridgehead atoms. The van der Waals surface area contributed by atoms with Crippen LogP contribution in [0.25, 0.3) is 0 Å². The number of aromatic nitrogens is 2. The number of nitrogens with zero attached hydrogens (tertiary/aromatic N) is 2. The van der Waals surface area contributed by atoms with Crippen molar-refractivity contribution in [3.8, 4) is 0 Å². The summed E-state index contributed by atoms with van der Waals surface area (Å²) in [6.07, 6.45) is 3.10. The predicted octanol–water partition coefficient (Wildman–Crippen LogP) is 0.426. The minimum Gasteiger partial charge on any atom is -0.376 e. The van der Waals surface area contributed by atoms with Crippen LogP contribution in [-0.4, -0.2) is 28.8 Å². The van der Waals surface area contributed by atoms with Gasteiger partial charge in [0.05, 0.1) is 25.0 Å². The van der Waals surface area contributed by atoms with Gasteiger partial charge in [-0.25, -0.2) is 8.78 Å². The molecular formula is C7H12F2N4. The lowest BCUT2D eigenvalue weighted by molar-refractivity contribution is 0.0254. The summed E-state index contributed by atoms with van der Waals surface area (Å²) in [7, 11) is 1.71. The van der Waals surface area contributed by atoms with Gasteiger partial charge >= 0.3 is 0 Å². The van der Waals surface area contributed by atoms with Crippen LogP contribution in [0.15, 0.2) is 12.4 Å². The van der Waals surface area contributed by atoms with Crippen LogP contribution >= 0.6 is 0 Å². The van der Waals surface area contributed by atoms with E-state index in [0.29, 0.717) is 5.69 Å². The Labute approximate surface area is 74.7 Å². The Morgan fingerprint density at radius 2 is 2.38 bits per heavy atom. The fraction of sp³-hybridized carbons (Fsp3) is 0.571. The van der Waals surface area contributed by atoms with Gasteiger partial charge < -0.3 is 11.1 Å². The fourth-order valence-corrected chi connectivity index (χ4v) is 0.816. The third-order valence-electron chi connectivity index (χ3n) is 1.55. The molecule has 1 aromatic heterocycles. The second-order valence-corrected chi connectivity index (χ2v) is 2.82. The van der Waals surface area contributed by atoms with Crippen molar-refractivity contribution in [1.82, 2.24) is 9.78 Å². The number of anilines is 1. The van der Waals surface area contributed by atoms with Crippen molar-refractivity contribution in [2.45, 2.75) is 5.92 Å². The Morgan fingerprint density at radius 3 is 2.85 bits per heavy atom. The first-order chi connectivity index (χ1) is 6.03. The number of halogens is 2. The number of hydrogen-bond acceptors (Lipinski definition) is 3. The van der Waals surface area contributed by atoms with E-state index in [1.807, 2.05) is 0 Å². The Hall–Kier alpha value is -1.17.